The van der Waals surface area contributed by atoms with Gasteiger partial charge in [-0.05, 0) is 38.8 Å². The predicted molar refractivity (Wildman–Crippen MR) is 82.9 cm³/mol. The van der Waals surface area contributed by atoms with Gasteiger partial charge in [-0.3, -0.25) is 4.90 Å². The van der Waals surface area contributed by atoms with Gasteiger partial charge in [0.05, 0.1) is 0 Å². The van der Waals surface area contributed by atoms with Crippen molar-refractivity contribution in [3.05, 3.63) is 29.3 Å². The number of rotatable bonds is 5. The molecule has 1 fully saturated rings. The molecule has 1 aliphatic heterocycles. The van der Waals surface area contributed by atoms with E-state index < -0.39 is 0 Å². The molecule has 1 aliphatic rings. The average Bonchev–Trinajstić information content (AvgIpc) is 2.42. The fraction of sp³-hybridized carbons (Fsp3) is 0.625. The minimum Gasteiger partial charge on any atom is -0.385 e. The lowest BCUT2D eigenvalue weighted by molar-refractivity contribution is 0.179. The summed E-state index contributed by atoms with van der Waals surface area (Å²) in [5.41, 5.74) is 3.95. The van der Waals surface area contributed by atoms with Crippen LogP contribution in [0.25, 0.3) is 0 Å². The van der Waals surface area contributed by atoms with Crippen LogP contribution >= 0.6 is 0 Å². The van der Waals surface area contributed by atoms with E-state index in [4.69, 9.17) is 0 Å². The monoisotopic (exact) mass is 261 g/mol. The van der Waals surface area contributed by atoms with Gasteiger partial charge in [-0.25, -0.2) is 0 Å². The van der Waals surface area contributed by atoms with Crippen molar-refractivity contribution in [1.29, 1.82) is 0 Å². The van der Waals surface area contributed by atoms with Crippen LogP contribution in [0.2, 0.25) is 0 Å². The molecule has 1 atom stereocenters. The third kappa shape index (κ3) is 4.22. The molecule has 1 heterocycles. The molecule has 19 heavy (non-hydrogen) atoms. The lowest BCUT2D eigenvalue weighted by Gasteiger charge is -2.33. The van der Waals surface area contributed by atoms with Crippen molar-refractivity contribution in [3.8, 4) is 0 Å². The number of nitrogens with one attached hydrogen (secondary N) is 2. The first-order valence-corrected chi connectivity index (χ1v) is 7.42. The predicted octanol–water partition coefficient (Wildman–Crippen LogP) is 2.40. The van der Waals surface area contributed by atoms with Crippen LogP contribution in [0.5, 0.6) is 0 Å². The van der Waals surface area contributed by atoms with E-state index >= 15 is 0 Å². The SMILES string of the molecule is Cc1ccc(NCCC(C)N2CCNCC2)c(C)c1. The van der Waals surface area contributed by atoms with Crippen LogP contribution in [0.15, 0.2) is 18.2 Å². The van der Waals surface area contributed by atoms with Gasteiger partial charge >= 0.3 is 0 Å². The molecule has 0 aromatic heterocycles. The van der Waals surface area contributed by atoms with Crippen LogP contribution in [-0.2, 0) is 0 Å². The smallest absolute Gasteiger partial charge is 0.0370 e. The zero-order chi connectivity index (χ0) is 13.7. The van der Waals surface area contributed by atoms with Crippen molar-refractivity contribution in [1.82, 2.24) is 10.2 Å². The molecular weight excluding hydrogens is 234 g/mol. The largest absolute Gasteiger partial charge is 0.385 e. The Bertz CT molecular complexity index is 397. The van der Waals surface area contributed by atoms with Crippen molar-refractivity contribution in [2.24, 2.45) is 0 Å². The van der Waals surface area contributed by atoms with E-state index in [0.29, 0.717) is 6.04 Å². The van der Waals surface area contributed by atoms with Crippen LogP contribution < -0.4 is 10.6 Å². The van der Waals surface area contributed by atoms with Gasteiger partial charge in [0, 0.05) is 44.5 Å². The summed E-state index contributed by atoms with van der Waals surface area (Å²) in [6, 6.07) is 7.28. The number of hydrogen-bond acceptors (Lipinski definition) is 3. The molecular formula is C16H27N3. The molecule has 0 radical (unpaired) electrons. The van der Waals surface area contributed by atoms with E-state index in [-0.39, 0.29) is 0 Å². The van der Waals surface area contributed by atoms with Crippen molar-refractivity contribution in [3.63, 3.8) is 0 Å². The molecule has 106 valence electrons. The zero-order valence-electron chi connectivity index (χ0n) is 12.5. The number of piperazine rings is 1. The molecule has 1 saturated heterocycles. The van der Waals surface area contributed by atoms with Gasteiger partial charge in [-0.15, -0.1) is 0 Å². The van der Waals surface area contributed by atoms with Gasteiger partial charge in [-0.2, -0.15) is 0 Å². The highest BCUT2D eigenvalue weighted by molar-refractivity contribution is 5.51. The third-order valence-electron chi connectivity index (χ3n) is 4.03. The molecule has 2 N–H and O–H groups in total. The van der Waals surface area contributed by atoms with Gasteiger partial charge in [-0.1, -0.05) is 17.7 Å². The fourth-order valence-electron chi connectivity index (χ4n) is 2.73. The molecule has 1 aromatic rings. The summed E-state index contributed by atoms with van der Waals surface area (Å²) in [4.78, 5) is 2.58. The molecule has 0 saturated carbocycles. The Balaban J connectivity index is 1.76. The number of anilines is 1. The maximum absolute atomic E-state index is 3.57. The molecule has 1 aromatic carbocycles. The Kier molecular flexibility index (Phi) is 5.23. The minimum absolute atomic E-state index is 0.667. The Morgan fingerprint density at radius 1 is 1.26 bits per heavy atom. The highest BCUT2D eigenvalue weighted by atomic mass is 15.2. The second-order valence-corrected chi connectivity index (χ2v) is 5.67. The van der Waals surface area contributed by atoms with Gasteiger partial charge in [0.1, 0.15) is 0 Å². The van der Waals surface area contributed by atoms with Crippen molar-refractivity contribution < 1.29 is 0 Å². The number of benzene rings is 1. The van der Waals surface area contributed by atoms with Crippen LogP contribution in [0, 0.1) is 13.8 Å². The standard InChI is InChI=1S/C16H27N3/c1-13-4-5-16(14(2)12-13)18-7-6-15(3)19-10-8-17-9-11-19/h4-5,12,15,17-18H,6-11H2,1-3H3. The first-order valence-electron chi connectivity index (χ1n) is 7.42. The number of nitrogens with zero attached hydrogens (tertiary/aromatic N) is 1. The average molecular weight is 261 g/mol. The van der Waals surface area contributed by atoms with E-state index in [1.165, 1.54) is 36.3 Å². The van der Waals surface area contributed by atoms with Gasteiger partial charge in [0.2, 0.25) is 0 Å². The molecule has 1 unspecified atom stereocenters. The molecule has 3 heteroatoms. The third-order valence-corrected chi connectivity index (χ3v) is 4.03. The van der Waals surface area contributed by atoms with E-state index in [1.54, 1.807) is 0 Å². The van der Waals surface area contributed by atoms with E-state index in [9.17, 15) is 0 Å². The van der Waals surface area contributed by atoms with Crippen molar-refractivity contribution in [2.45, 2.75) is 33.2 Å². The Morgan fingerprint density at radius 3 is 2.68 bits per heavy atom. The molecule has 0 bridgehead atoms. The van der Waals surface area contributed by atoms with Gasteiger partial charge < -0.3 is 10.6 Å². The summed E-state index contributed by atoms with van der Waals surface area (Å²) < 4.78 is 0. The first kappa shape index (κ1) is 14.4. The van der Waals surface area contributed by atoms with Gasteiger partial charge in [0.25, 0.3) is 0 Å². The summed E-state index contributed by atoms with van der Waals surface area (Å²) in [5.74, 6) is 0. The molecule has 0 aliphatic carbocycles. The second kappa shape index (κ2) is 6.92. The van der Waals surface area contributed by atoms with Crippen LogP contribution in [0.1, 0.15) is 24.5 Å². The van der Waals surface area contributed by atoms with Crippen molar-refractivity contribution in [2.75, 3.05) is 38.0 Å². The summed E-state index contributed by atoms with van der Waals surface area (Å²) in [5, 5.41) is 6.97. The first-order chi connectivity index (χ1) is 9.16. The van der Waals surface area contributed by atoms with Crippen molar-refractivity contribution >= 4 is 5.69 Å². The highest BCUT2D eigenvalue weighted by Gasteiger charge is 2.15. The van der Waals surface area contributed by atoms with E-state index in [2.05, 4.69) is 54.5 Å². The highest BCUT2D eigenvalue weighted by Crippen LogP contribution is 2.16. The molecule has 2 rings (SSSR count). The molecule has 3 nitrogen and oxygen atoms in total. The zero-order valence-corrected chi connectivity index (χ0v) is 12.5. The summed E-state index contributed by atoms with van der Waals surface area (Å²) >= 11 is 0. The van der Waals surface area contributed by atoms with Crippen LogP contribution in [-0.4, -0.2) is 43.7 Å². The van der Waals surface area contributed by atoms with E-state index in [1.807, 2.05) is 0 Å². The van der Waals surface area contributed by atoms with E-state index in [0.717, 1.165) is 19.6 Å². The topological polar surface area (TPSA) is 27.3 Å². The van der Waals surface area contributed by atoms with Gasteiger partial charge in [0.15, 0.2) is 0 Å². The molecule has 0 amide bonds. The Hall–Kier alpha value is -1.06. The minimum atomic E-state index is 0.667. The normalized spacial score (nSPS) is 18.3. The fourth-order valence-corrected chi connectivity index (χ4v) is 2.73. The Labute approximate surface area is 117 Å². The quantitative estimate of drug-likeness (QED) is 0.852. The second-order valence-electron chi connectivity index (χ2n) is 5.67. The lowest BCUT2D eigenvalue weighted by Crippen LogP contribution is -2.47. The molecule has 0 spiro atoms. The summed E-state index contributed by atoms with van der Waals surface area (Å²) in [6.07, 6.45) is 1.20. The number of hydrogen-bond donors (Lipinski definition) is 2. The van der Waals surface area contributed by atoms with Crippen LogP contribution in [0.4, 0.5) is 5.69 Å². The van der Waals surface area contributed by atoms with Crippen LogP contribution in [0.3, 0.4) is 0 Å². The number of aryl methyl sites for hydroxylation is 2. The lowest BCUT2D eigenvalue weighted by atomic mass is 10.1. The summed E-state index contributed by atoms with van der Waals surface area (Å²) in [7, 11) is 0. The Morgan fingerprint density at radius 2 is 2.00 bits per heavy atom. The maximum Gasteiger partial charge on any atom is 0.0370 e. The maximum atomic E-state index is 3.57. The summed E-state index contributed by atoms with van der Waals surface area (Å²) in [6.45, 7) is 12.3.